The summed E-state index contributed by atoms with van der Waals surface area (Å²) in [6.07, 6.45) is 3.64. The molecule has 2 N–H and O–H groups in total. The van der Waals surface area contributed by atoms with Crippen LogP contribution >= 0.6 is 12.2 Å². The summed E-state index contributed by atoms with van der Waals surface area (Å²) in [5.41, 5.74) is 0.542. The fourth-order valence-corrected chi connectivity index (χ4v) is 2.41. The number of anilines is 1. The van der Waals surface area contributed by atoms with Crippen LogP contribution in [0.4, 0.5) is 11.4 Å². The first kappa shape index (κ1) is 17.9. The van der Waals surface area contributed by atoms with Crippen LogP contribution in [0, 0.1) is 15.5 Å². The second-order valence-corrected chi connectivity index (χ2v) is 6.96. The molecule has 0 saturated heterocycles. The lowest BCUT2D eigenvalue weighted by Gasteiger charge is -2.32. The highest BCUT2D eigenvalue weighted by Crippen LogP contribution is 2.21. The third kappa shape index (κ3) is 5.02. The topological polar surface area (TPSA) is 85.0 Å². The van der Waals surface area contributed by atoms with E-state index in [4.69, 9.17) is 12.2 Å². The number of hydrogen-bond donors (Lipinski definition) is 2. The molecule has 1 atom stereocenters. The van der Waals surface area contributed by atoms with Gasteiger partial charge in [0.25, 0.3) is 5.69 Å². The molecule has 7 nitrogen and oxygen atoms in total. The molecule has 128 valence electrons. The van der Waals surface area contributed by atoms with Crippen LogP contribution in [0.15, 0.2) is 42.7 Å². The van der Waals surface area contributed by atoms with Gasteiger partial charge < -0.3 is 10.6 Å². The Bertz CT molecular complexity index is 710. The highest BCUT2D eigenvalue weighted by atomic mass is 32.1. The number of aromatic nitrogens is 2. The molecule has 1 aromatic heterocycles. The number of hydrogen-bond acceptors (Lipinski definition) is 4. The number of rotatable bonds is 5. The molecular weight excluding hydrogens is 326 g/mol. The summed E-state index contributed by atoms with van der Waals surface area (Å²) >= 11 is 5.36. The summed E-state index contributed by atoms with van der Waals surface area (Å²) < 4.78 is 1.85. The van der Waals surface area contributed by atoms with Gasteiger partial charge in [-0.05, 0) is 29.8 Å². The van der Waals surface area contributed by atoms with E-state index in [2.05, 4.69) is 36.5 Å². The monoisotopic (exact) mass is 347 g/mol. The zero-order valence-corrected chi connectivity index (χ0v) is 14.7. The van der Waals surface area contributed by atoms with Crippen molar-refractivity contribution in [3.63, 3.8) is 0 Å². The molecule has 0 aliphatic carbocycles. The summed E-state index contributed by atoms with van der Waals surface area (Å²) in [5, 5.41) is 21.8. The molecule has 0 fully saturated rings. The molecule has 24 heavy (non-hydrogen) atoms. The van der Waals surface area contributed by atoms with E-state index in [0.717, 1.165) is 0 Å². The SMILES string of the molecule is CC(C)(C)C(Cn1cccn1)NC(=S)Nc1cccc([N+](=O)[O-])c1. The maximum absolute atomic E-state index is 10.8. The Kier molecular flexibility index (Phi) is 5.50. The maximum Gasteiger partial charge on any atom is 0.271 e. The number of nitrogens with one attached hydrogen (secondary N) is 2. The smallest absolute Gasteiger partial charge is 0.271 e. The van der Waals surface area contributed by atoms with Gasteiger partial charge in [-0.15, -0.1) is 0 Å². The first-order valence-electron chi connectivity index (χ1n) is 7.55. The van der Waals surface area contributed by atoms with E-state index in [1.54, 1.807) is 18.3 Å². The Morgan fingerprint density at radius 1 is 1.42 bits per heavy atom. The van der Waals surface area contributed by atoms with E-state index in [0.29, 0.717) is 17.3 Å². The standard InChI is InChI=1S/C16H21N5O2S/c1-16(2,3)14(11-20-9-5-8-17-20)19-15(24)18-12-6-4-7-13(10-12)21(22)23/h4-10,14H,11H2,1-3H3,(H2,18,19,24). The van der Waals surface area contributed by atoms with Crippen LogP contribution in [-0.4, -0.2) is 25.9 Å². The third-order valence-electron chi connectivity index (χ3n) is 3.59. The highest BCUT2D eigenvalue weighted by molar-refractivity contribution is 7.80. The second kappa shape index (κ2) is 7.39. The summed E-state index contributed by atoms with van der Waals surface area (Å²) in [5.74, 6) is 0. The predicted octanol–water partition coefficient (Wildman–Crippen LogP) is 3.19. The van der Waals surface area contributed by atoms with Gasteiger partial charge in [-0.3, -0.25) is 14.8 Å². The average Bonchev–Trinajstić information content (AvgIpc) is 2.99. The van der Waals surface area contributed by atoms with Gasteiger partial charge in [0, 0.05) is 30.2 Å². The van der Waals surface area contributed by atoms with Crippen LogP contribution in [0.2, 0.25) is 0 Å². The largest absolute Gasteiger partial charge is 0.357 e. The molecule has 0 radical (unpaired) electrons. The van der Waals surface area contributed by atoms with Gasteiger partial charge in [-0.25, -0.2) is 0 Å². The van der Waals surface area contributed by atoms with E-state index >= 15 is 0 Å². The zero-order valence-electron chi connectivity index (χ0n) is 13.9. The quantitative estimate of drug-likeness (QED) is 0.491. The Morgan fingerprint density at radius 2 is 2.17 bits per heavy atom. The number of thiocarbonyl (C=S) groups is 1. The van der Waals surface area contributed by atoms with Crippen molar-refractivity contribution in [2.24, 2.45) is 5.41 Å². The van der Waals surface area contributed by atoms with Crippen LogP contribution in [-0.2, 0) is 6.54 Å². The normalized spacial score (nSPS) is 12.5. The van der Waals surface area contributed by atoms with Crippen molar-refractivity contribution in [2.45, 2.75) is 33.4 Å². The van der Waals surface area contributed by atoms with Crippen LogP contribution in [0.1, 0.15) is 20.8 Å². The predicted molar refractivity (Wildman–Crippen MR) is 97.9 cm³/mol. The molecule has 2 aromatic rings. The van der Waals surface area contributed by atoms with Crippen molar-refractivity contribution in [3.05, 3.63) is 52.8 Å². The van der Waals surface area contributed by atoms with Gasteiger partial charge in [0.2, 0.25) is 0 Å². The fourth-order valence-electron chi connectivity index (χ4n) is 2.15. The van der Waals surface area contributed by atoms with Crippen molar-refractivity contribution in [2.75, 3.05) is 5.32 Å². The van der Waals surface area contributed by atoms with Crippen molar-refractivity contribution in [3.8, 4) is 0 Å². The zero-order chi connectivity index (χ0) is 17.7. The van der Waals surface area contributed by atoms with E-state index in [1.807, 2.05) is 16.9 Å². The van der Waals surface area contributed by atoms with Gasteiger partial charge in [-0.2, -0.15) is 5.10 Å². The Labute approximate surface area is 146 Å². The van der Waals surface area contributed by atoms with Crippen molar-refractivity contribution in [1.82, 2.24) is 15.1 Å². The Hall–Kier alpha value is -2.48. The number of benzene rings is 1. The summed E-state index contributed by atoms with van der Waals surface area (Å²) in [6, 6.07) is 8.16. The van der Waals surface area contributed by atoms with E-state index in [-0.39, 0.29) is 17.1 Å². The highest BCUT2D eigenvalue weighted by Gasteiger charge is 2.26. The van der Waals surface area contributed by atoms with Crippen LogP contribution < -0.4 is 10.6 Å². The van der Waals surface area contributed by atoms with Crippen molar-refractivity contribution >= 4 is 28.7 Å². The van der Waals surface area contributed by atoms with Crippen LogP contribution in [0.3, 0.4) is 0 Å². The van der Waals surface area contributed by atoms with Crippen LogP contribution in [0.5, 0.6) is 0 Å². The minimum absolute atomic E-state index is 0.0201. The molecule has 0 aliphatic rings. The summed E-state index contributed by atoms with van der Waals surface area (Å²) in [4.78, 5) is 10.4. The third-order valence-corrected chi connectivity index (χ3v) is 3.81. The van der Waals surface area contributed by atoms with E-state index in [9.17, 15) is 10.1 Å². The number of nitro groups is 1. The van der Waals surface area contributed by atoms with Crippen LogP contribution in [0.25, 0.3) is 0 Å². The fraction of sp³-hybridized carbons (Fsp3) is 0.375. The van der Waals surface area contributed by atoms with Crippen molar-refractivity contribution < 1.29 is 4.92 Å². The summed E-state index contributed by atoms with van der Waals surface area (Å²) in [6.45, 7) is 7.01. The molecule has 0 spiro atoms. The van der Waals surface area contributed by atoms with Crippen molar-refractivity contribution in [1.29, 1.82) is 0 Å². The molecular formula is C16H21N5O2S. The number of non-ortho nitro benzene ring substituents is 1. The van der Waals surface area contributed by atoms with Gasteiger partial charge in [-0.1, -0.05) is 26.8 Å². The molecule has 2 rings (SSSR count). The first-order chi connectivity index (χ1) is 11.3. The minimum atomic E-state index is -0.433. The molecule has 0 aliphatic heterocycles. The molecule has 1 unspecified atom stereocenters. The Morgan fingerprint density at radius 3 is 2.75 bits per heavy atom. The second-order valence-electron chi connectivity index (χ2n) is 6.55. The number of nitro benzene ring substituents is 1. The lowest BCUT2D eigenvalue weighted by Crippen LogP contribution is -2.48. The molecule has 1 heterocycles. The van der Waals surface area contributed by atoms with E-state index in [1.165, 1.54) is 12.1 Å². The number of nitrogens with zero attached hydrogens (tertiary/aromatic N) is 3. The van der Waals surface area contributed by atoms with Gasteiger partial charge >= 0.3 is 0 Å². The summed E-state index contributed by atoms with van der Waals surface area (Å²) in [7, 11) is 0. The minimum Gasteiger partial charge on any atom is -0.357 e. The lowest BCUT2D eigenvalue weighted by molar-refractivity contribution is -0.384. The molecule has 8 heteroatoms. The molecule has 1 aromatic carbocycles. The molecule has 0 saturated carbocycles. The van der Waals surface area contributed by atoms with Gasteiger partial charge in [0.1, 0.15) is 0 Å². The molecule has 0 amide bonds. The maximum atomic E-state index is 10.8. The Balaban J connectivity index is 2.05. The molecule has 0 bridgehead atoms. The van der Waals surface area contributed by atoms with E-state index < -0.39 is 4.92 Å². The lowest BCUT2D eigenvalue weighted by atomic mass is 9.87. The van der Waals surface area contributed by atoms with Gasteiger partial charge in [0.05, 0.1) is 17.5 Å². The first-order valence-corrected chi connectivity index (χ1v) is 7.96. The van der Waals surface area contributed by atoms with Gasteiger partial charge in [0.15, 0.2) is 5.11 Å². The average molecular weight is 347 g/mol.